The maximum atomic E-state index is 11.2. The van der Waals surface area contributed by atoms with E-state index in [9.17, 15) is 9.90 Å². The summed E-state index contributed by atoms with van der Waals surface area (Å²) < 4.78 is 10.3. The van der Waals surface area contributed by atoms with Crippen LogP contribution in [0.2, 0.25) is 0 Å². The second-order valence-electron chi connectivity index (χ2n) is 4.19. The largest absolute Gasteiger partial charge is 0.509 e. The first-order valence-corrected chi connectivity index (χ1v) is 5.79. The Labute approximate surface area is 115 Å². The van der Waals surface area contributed by atoms with E-state index in [1.807, 2.05) is 0 Å². The van der Waals surface area contributed by atoms with Crippen LogP contribution in [-0.4, -0.2) is 37.6 Å². The quantitative estimate of drug-likeness (QED) is 0.754. The van der Waals surface area contributed by atoms with Crippen molar-refractivity contribution in [3.8, 4) is 11.5 Å². The molecule has 2 rings (SSSR count). The van der Waals surface area contributed by atoms with E-state index in [4.69, 9.17) is 20.6 Å². The molecule has 1 aromatic carbocycles. The second-order valence-corrected chi connectivity index (χ2v) is 4.19. The summed E-state index contributed by atoms with van der Waals surface area (Å²) in [6.07, 6.45) is 0. The van der Waals surface area contributed by atoms with Crippen molar-refractivity contribution in [2.45, 2.75) is 0 Å². The van der Waals surface area contributed by atoms with Gasteiger partial charge in [0.05, 0.1) is 26.5 Å². The molecule has 106 valence electrons. The summed E-state index contributed by atoms with van der Waals surface area (Å²) in [5, 5.41) is 17.7. The molecule has 0 bridgehead atoms. The van der Waals surface area contributed by atoms with Gasteiger partial charge in [0.25, 0.3) is 5.91 Å². The number of nitrogens with zero attached hydrogens (tertiary/aromatic N) is 1. The molecule has 0 unspecified atom stereocenters. The van der Waals surface area contributed by atoms with Crippen LogP contribution >= 0.6 is 0 Å². The molecule has 1 amide bonds. The van der Waals surface area contributed by atoms with Crippen molar-refractivity contribution < 1.29 is 19.4 Å². The number of hydrogen-bond acceptors (Lipinski definition) is 5. The third-order valence-electron chi connectivity index (χ3n) is 3.00. The van der Waals surface area contributed by atoms with Crippen LogP contribution in [0.15, 0.2) is 29.5 Å². The molecule has 0 fully saturated rings. The zero-order valence-electron chi connectivity index (χ0n) is 11.1. The van der Waals surface area contributed by atoms with Gasteiger partial charge in [0, 0.05) is 18.2 Å². The van der Waals surface area contributed by atoms with E-state index in [-0.39, 0.29) is 23.7 Å². The first-order chi connectivity index (χ1) is 9.47. The Hall–Kier alpha value is -2.70. The number of methoxy groups -OCH3 is 2. The third kappa shape index (κ3) is 2.25. The maximum absolute atomic E-state index is 11.2. The van der Waals surface area contributed by atoms with Crippen LogP contribution in [0.25, 0.3) is 0 Å². The number of primary amides is 1. The molecule has 7 nitrogen and oxygen atoms in total. The molecule has 4 N–H and O–H groups in total. The Morgan fingerprint density at radius 2 is 1.85 bits per heavy atom. The van der Waals surface area contributed by atoms with Gasteiger partial charge in [0.2, 0.25) is 0 Å². The predicted molar refractivity (Wildman–Crippen MR) is 73.5 cm³/mol. The van der Waals surface area contributed by atoms with E-state index in [2.05, 4.69) is 0 Å². The number of benzene rings is 1. The van der Waals surface area contributed by atoms with Gasteiger partial charge in [-0.2, -0.15) is 0 Å². The fourth-order valence-electron chi connectivity index (χ4n) is 2.01. The second kappa shape index (κ2) is 5.12. The monoisotopic (exact) mass is 277 g/mol. The number of ether oxygens (including phenoxy) is 2. The maximum Gasteiger partial charge on any atom is 0.255 e. The van der Waals surface area contributed by atoms with Crippen molar-refractivity contribution in [2.75, 3.05) is 25.7 Å². The number of nitrogens with two attached hydrogens (primary N) is 1. The Bertz CT molecular complexity index is 587. The number of amidine groups is 1. The van der Waals surface area contributed by atoms with Gasteiger partial charge in [-0.05, 0) is 0 Å². The van der Waals surface area contributed by atoms with E-state index in [0.29, 0.717) is 17.2 Å². The summed E-state index contributed by atoms with van der Waals surface area (Å²) in [5.41, 5.74) is 5.55. The minimum absolute atomic E-state index is 0.00737. The highest BCUT2D eigenvalue weighted by atomic mass is 16.5. The number of anilines is 1. The summed E-state index contributed by atoms with van der Waals surface area (Å²) in [6.45, 7) is 0.00737. The van der Waals surface area contributed by atoms with E-state index >= 15 is 0 Å². The molecule has 1 heterocycles. The lowest BCUT2D eigenvalue weighted by atomic mass is 10.2. The van der Waals surface area contributed by atoms with Gasteiger partial charge >= 0.3 is 0 Å². The van der Waals surface area contributed by atoms with E-state index < -0.39 is 5.91 Å². The lowest BCUT2D eigenvalue weighted by Crippen LogP contribution is -2.29. The van der Waals surface area contributed by atoms with Crippen LogP contribution in [0.1, 0.15) is 0 Å². The van der Waals surface area contributed by atoms with Gasteiger partial charge in [0.1, 0.15) is 28.7 Å². The van der Waals surface area contributed by atoms with Crippen LogP contribution in [0, 0.1) is 5.41 Å². The van der Waals surface area contributed by atoms with Crippen LogP contribution in [-0.2, 0) is 4.79 Å². The molecule has 0 saturated heterocycles. The number of rotatable bonds is 4. The lowest BCUT2D eigenvalue weighted by Gasteiger charge is -2.20. The van der Waals surface area contributed by atoms with Crippen molar-refractivity contribution in [1.29, 1.82) is 5.41 Å². The average molecular weight is 277 g/mol. The van der Waals surface area contributed by atoms with E-state index in [1.165, 1.54) is 19.1 Å². The van der Waals surface area contributed by atoms with Gasteiger partial charge in [0.15, 0.2) is 0 Å². The highest BCUT2D eigenvalue weighted by molar-refractivity contribution is 6.26. The SMILES string of the molecule is COc1cc(OC)cc(N2CC(O)=C(C(N)=O)C2=N)c1. The highest BCUT2D eigenvalue weighted by Gasteiger charge is 2.32. The van der Waals surface area contributed by atoms with E-state index in [1.54, 1.807) is 18.2 Å². The van der Waals surface area contributed by atoms with Gasteiger partial charge in [-0.3, -0.25) is 10.2 Å². The molecule has 0 radical (unpaired) electrons. The Kier molecular flexibility index (Phi) is 3.51. The number of amides is 1. The van der Waals surface area contributed by atoms with Crippen molar-refractivity contribution in [1.82, 2.24) is 0 Å². The average Bonchev–Trinajstić information content (AvgIpc) is 2.73. The van der Waals surface area contributed by atoms with Crippen LogP contribution < -0.4 is 20.1 Å². The van der Waals surface area contributed by atoms with Crippen LogP contribution in [0.3, 0.4) is 0 Å². The first-order valence-electron chi connectivity index (χ1n) is 5.79. The minimum atomic E-state index is -0.829. The minimum Gasteiger partial charge on any atom is -0.509 e. The number of aliphatic hydroxyl groups excluding tert-OH is 1. The number of nitrogens with one attached hydrogen (secondary N) is 1. The number of hydrogen-bond donors (Lipinski definition) is 3. The zero-order valence-corrected chi connectivity index (χ0v) is 11.1. The fraction of sp³-hybridized carbons (Fsp3) is 0.231. The molecule has 0 aromatic heterocycles. The van der Waals surface area contributed by atoms with E-state index in [0.717, 1.165) is 0 Å². The standard InChI is InChI=1S/C13H15N3O4/c1-19-8-3-7(4-9(5-8)20-2)16-6-10(17)11(12(16)14)13(15)18/h3-5,14,17H,6H2,1-2H3,(H2,15,18). The number of carbonyl (C=O) groups is 1. The van der Waals surface area contributed by atoms with Gasteiger partial charge < -0.3 is 25.2 Å². The fourth-order valence-corrected chi connectivity index (χ4v) is 2.01. The highest BCUT2D eigenvalue weighted by Crippen LogP contribution is 2.32. The Morgan fingerprint density at radius 1 is 1.30 bits per heavy atom. The van der Waals surface area contributed by atoms with Crippen molar-refractivity contribution in [3.63, 3.8) is 0 Å². The van der Waals surface area contributed by atoms with Crippen LogP contribution in [0.5, 0.6) is 11.5 Å². The van der Waals surface area contributed by atoms with Crippen molar-refractivity contribution in [2.24, 2.45) is 5.73 Å². The van der Waals surface area contributed by atoms with Crippen molar-refractivity contribution in [3.05, 3.63) is 29.5 Å². The molecule has 1 aliphatic heterocycles. The summed E-state index contributed by atoms with van der Waals surface area (Å²) in [7, 11) is 3.02. The van der Waals surface area contributed by atoms with Crippen LogP contribution in [0.4, 0.5) is 5.69 Å². The first kappa shape index (κ1) is 13.7. The molecule has 1 aliphatic rings. The molecule has 1 aromatic rings. The van der Waals surface area contributed by atoms with Gasteiger partial charge in [-0.1, -0.05) is 0 Å². The normalized spacial score (nSPS) is 14.7. The summed E-state index contributed by atoms with van der Waals surface area (Å²) in [4.78, 5) is 12.7. The number of carbonyl (C=O) groups excluding carboxylic acids is 1. The smallest absolute Gasteiger partial charge is 0.255 e. The lowest BCUT2D eigenvalue weighted by molar-refractivity contribution is -0.114. The molecule has 0 saturated carbocycles. The van der Waals surface area contributed by atoms with Gasteiger partial charge in [-0.25, -0.2) is 0 Å². The Morgan fingerprint density at radius 3 is 2.25 bits per heavy atom. The third-order valence-corrected chi connectivity index (χ3v) is 3.00. The molecule has 0 atom stereocenters. The van der Waals surface area contributed by atoms with Gasteiger partial charge in [-0.15, -0.1) is 0 Å². The molecule has 0 aliphatic carbocycles. The van der Waals surface area contributed by atoms with Crippen molar-refractivity contribution >= 4 is 17.4 Å². The molecule has 0 spiro atoms. The molecular formula is C13H15N3O4. The molecular weight excluding hydrogens is 262 g/mol. The topological polar surface area (TPSA) is 109 Å². The zero-order chi connectivity index (χ0) is 14.9. The predicted octanol–water partition coefficient (Wildman–Crippen LogP) is 0.798. The summed E-state index contributed by atoms with van der Waals surface area (Å²) in [5.74, 6) is -0.113. The Balaban J connectivity index is 2.40. The summed E-state index contributed by atoms with van der Waals surface area (Å²) >= 11 is 0. The summed E-state index contributed by atoms with van der Waals surface area (Å²) in [6, 6.07) is 5.04. The number of aliphatic hydroxyl groups is 1. The molecule has 20 heavy (non-hydrogen) atoms. The molecule has 7 heteroatoms.